The average molecular weight is 739 g/mol. The monoisotopic (exact) mass is 738 g/mol. The predicted molar refractivity (Wildman–Crippen MR) is 218 cm³/mol. The molecule has 0 spiro atoms. The first-order valence-corrected chi connectivity index (χ1v) is 20.2. The molecule has 3 rings (SSSR count). The van der Waals surface area contributed by atoms with Crippen LogP contribution in [0.4, 0.5) is 0 Å². The van der Waals surface area contributed by atoms with Crippen LogP contribution in [0.3, 0.4) is 0 Å². The molecular formula is C47H62O7. The van der Waals surface area contributed by atoms with E-state index >= 15 is 0 Å². The van der Waals surface area contributed by atoms with Gasteiger partial charge in [0.25, 0.3) is 0 Å². The number of rotatable bonds is 30. The highest BCUT2D eigenvalue weighted by Crippen LogP contribution is 2.26. The molecule has 0 unspecified atom stereocenters. The number of ether oxygens (including phenoxy) is 4. The molecule has 0 heterocycles. The van der Waals surface area contributed by atoms with Gasteiger partial charge in [0.1, 0.15) is 17.2 Å². The van der Waals surface area contributed by atoms with E-state index in [1.165, 1.54) is 44.9 Å². The predicted octanol–water partition coefficient (Wildman–Crippen LogP) is 12.6. The molecule has 0 N–H and O–H groups in total. The summed E-state index contributed by atoms with van der Waals surface area (Å²) < 4.78 is 22.3. The zero-order chi connectivity index (χ0) is 38.5. The van der Waals surface area contributed by atoms with E-state index in [-0.39, 0.29) is 11.9 Å². The number of carbonyl (C=O) groups is 3. The van der Waals surface area contributed by atoms with Gasteiger partial charge in [-0.2, -0.15) is 0 Å². The van der Waals surface area contributed by atoms with E-state index in [0.717, 1.165) is 81.8 Å². The van der Waals surface area contributed by atoms with E-state index in [1.54, 1.807) is 48.5 Å². The lowest BCUT2D eigenvalue weighted by Gasteiger charge is -2.09. The van der Waals surface area contributed by atoms with Gasteiger partial charge in [0, 0.05) is 12.8 Å². The first-order chi connectivity index (χ1) is 26.5. The molecule has 0 amide bonds. The molecule has 292 valence electrons. The average Bonchev–Trinajstić information content (AvgIpc) is 3.18. The molecule has 0 saturated carbocycles. The van der Waals surface area contributed by atoms with E-state index in [4.69, 9.17) is 18.9 Å². The number of allylic oxidation sites excluding steroid dienone is 2. The topological polar surface area (TPSA) is 88.1 Å². The lowest BCUT2D eigenvalue weighted by molar-refractivity contribution is -0.144. The van der Waals surface area contributed by atoms with Crippen LogP contribution in [0.5, 0.6) is 17.2 Å². The molecular weight excluding hydrogens is 677 g/mol. The second-order valence-electron chi connectivity index (χ2n) is 13.8. The van der Waals surface area contributed by atoms with Crippen molar-refractivity contribution in [3.63, 3.8) is 0 Å². The maximum absolute atomic E-state index is 12.8. The van der Waals surface area contributed by atoms with Gasteiger partial charge < -0.3 is 18.9 Å². The molecule has 54 heavy (non-hydrogen) atoms. The van der Waals surface area contributed by atoms with Crippen LogP contribution in [0.2, 0.25) is 0 Å². The lowest BCUT2D eigenvalue weighted by atomic mass is 10.1. The lowest BCUT2D eigenvalue weighted by Crippen LogP contribution is -2.08. The summed E-state index contributed by atoms with van der Waals surface area (Å²) in [5.41, 5.74) is 2.35. The van der Waals surface area contributed by atoms with Gasteiger partial charge in [0.15, 0.2) is 0 Å². The van der Waals surface area contributed by atoms with Gasteiger partial charge in [0.2, 0.25) is 0 Å². The van der Waals surface area contributed by atoms with Crippen LogP contribution in [0.25, 0.3) is 11.1 Å². The van der Waals surface area contributed by atoms with Gasteiger partial charge in [-0.1, -0.05) is 87.8 Å². The summed E-state index contributed by atoms with van der Waals surface area (Å²) in [7, 11) is 0. The second kappa shape index (κ2) is 27.9. The fourth-order valence-corrected chi connectivity index (χ4v) is 6.00. The number of benzene rings is 3. The van der Waals surface area contributed by atoms with Crippen LogP contribution in [-0.4, -0.2) is 31.1 Å². The molecule has 0 radical (unpaired) electrons. The third-order valence-electron chi connectivity index (χ3n) is 9.22. The normalized spacial score (nSPS) is 10.7. The summed E-state index contributed by atoms with van der Waals surface area (Å²) in [4.78, 5) is 36.9. The SMILES string of the molecule is C=CCCCCCCCCC(=O)OCCCCCCOc1ccc(C(=O)Oc2ccc(-c3ccc(OC(=O)CCCCCCCCC=C)cc3)cc2)cc1. The Morgan fingerprint density at radius 3 is 1.41 bits per heavy atom. The highest BCUT2D eigenvalue weighted by molar-refractivity contribution is 5.91. The molecule has 0 aromatic heterocycles. The molecule has 0 saturated heterocycles. The number of unbranched alkanes of at least 4 members (excludes halogenated alkanes) is 15. The summed E-state index contributed by atoms with van der Waals surface area (Å²) in [6, 6.07) is 21.7. The molecule has 0 aliphatic heterocycles. The summed E-state index contributed by atoms with van der Waals surface area (Å²) in [5.74, 6) is 0.941. The van der Waals surface area contributed by atoms with E-state index in [2.05, 4.69) is 13.2 Å². The molecule has 0 atom stereocenters. The van der Waals surface area contributed by atoms with Crippen LogP contribution in [0.1, 0.15) is 139 Å². The maximum atomic E-state index is 12.8. The summed E-state index contributed by atoms with van der Waals surface area (Å²) in [5, 5.41) is 0. The first-order valence-electron chi connectivity index (χ1n) is 20.2. The number of hydrogen-bond donors (Lipinski definition) is 0. The van der Waals surface area contributed by atoms with E-state index < -0.39 is 5.97 Å². The van der Waals surface area contributed by atoms with Gasteiger partial charge in [-0.25, -0.2) is 4.79 Å². The number of esters is 3. The first kappa shape index (κ1) is 43.8. The minimum absolute atomic E-state index is 0.0859. The Morgan fingerprint density at radius 2 is 0.870 bits per heavy atom. The highest BCUT2D eigenvalue weighted by Gasteiger charge is 2.10. The van der Waals surface area contributed by atoms with Crippen molar-refractivity contribution in [2.45, 2.75) is 128 Å². The van der Waals surface area contributed by atoms with Crippen molar-refractivity contribution in [2.75, 3.05) is 13.2 Å². The molecule has 0 aliphatic rings. The van der Waals surface area contributed by atoms with Gasteiger partial charge in [-0.3, -0.25) is 9.59 Å². The Bertz CT molecular complexity index is 1490. The zero-order valence-electron chi connectivity index (χ0n) is 32.4. The van der Waals surface area contributed by atoms with Crippen molar-refractivity contribution in [1.82, 2.24) is 0 Å². The van der Waals surface area contributed by atoms with Gasteiger partial charge in [-0.15, -0.1) is 13.2 Å². The zero-order valence-corrected chi connectivity index (χ0v) is 32.4. The quantitative estimate of drug-likeness (QED) is 0.0291. The van der Waals surface area contributed by atoms with Crippen LogP contribution < -0.4 is 14.2 Å². The van der Waals surface area contributed by atoms with Gasteiger partial charge in [0.05, 0.1) is 18.8 Å². The van der Waals surface area contributed by atoms with Gasteiger partial charge >= 0.3 is 17.9 Å². The van der Waals surface area contributed by atoms with Crippen molar-refractivity contribution >= 4 is 17.9 Å². The van der Waals surface area contributed by atoms with E-state index in [1.807, 2.05) is 36.4 Å². The standard InChI is InChI=1S/C47H62O7/c1-3-5-7-9-11-13-15-19-23-45(48)52-38-22-18-17-21-37-51-42-31-29-41(30-32-42)47(50)54-44-35-27-40(28-36-44)39-25-33-43(34-26-39)53-46(49)24-20-16-14-12-10-8-6-4-2/h3-4,25-36H,1-2,5-24,37-38H2. The summed E-state index contributed by atoms with van der Waals surface area (Å²) in [6.45, 7) is 8.56. The summed E-state index contributed by atoms with van der Waals surface area (Å²) >= 11 is 0. The largest absolute Gasteiger partial charge is 0.494 e. The third kappa shape index (κ3) is 19.4. The highest BCUT2D eigenvalue weighted by atomic mass is 16.5. The van der Waals surface area contributed by atoms with Crippen molar-refractivity contribution in [3.05, 3.63) is 104 Å². The smallest absolute Gasteiger partial charge is 0.343 e. The van der Waals surface area contributed by atoms with Crippen LogP contribution >= 0.6 is 0 Å². The maximum Gasteiger partial charge on any atom is 0.343 e. The van der Waals surface area contributed by atoms with Gasteiger partial charge in [-0.05, 0) is 124 Å². The Hall–Kier alpha value is -4.65. The Labute approximate surface area is 324 Å². The van der Waals surface area contributed by atoms with Crippen molar-refractivity contribution in [1.29, 1.82) is 0 Å². The molecule has 0 aliphatic carbocycles. The molecule has 0 fully saturated rings. The van der Waals surface area contributed by atoms with Crippen LogP contribution in [0, 0.1) is 0 Å². The third-order valence-corrected chi connectivity index (χ3v) is 9.22. The molecule has 7 heteroatoms. The molecule has 7 nitrogen and oxygen atoms in total. The molecule has 0 bridgehead atoms. The fraction of sp³-hybridized carbons (Fsp3) is 0.468. The fourth-order valence-electron chi connectivity index (χ4n) is 6.00. The van der Waals surface area contributed by atoms with Crippen molar-refractivity contribution in [2.24, 2.45) is 0 Å². The van der Waals surface area contributed by atoms with E-state index in [0.29, 0.717) is 48.9 Å². The van der Waals surface area contributed by atoms with Crippen molar-refractivity contribution < 1.29 is 33.3 Å². The number of hydrogen-bond acceptors (Lipinski definition) is 7. The van der Waals surface area contributed by atoms with Crippen LogP contribution in [-0.2, 0) is 14.3 Å². The summed E-state index contributed by atoms with van der Waals surface area (Å²) in [6.07, 6.45) is 24.2. The Morgan fingerprint density at radius 1 is 0.444 bits per heavy atom. The van der Waals surface area contributed by atoms with E-state index in [9.17, 15) is 14.4 Å². The Balaban J connectivity index is 1.24. The van der Waals surface area contributed by atoms with Crippen molar-refractivity contribution in [3.8, 4) is 28.4 Å². The molecule has 3 aromatic rings. The second-order valence-corrected chi connectivity index (χ2v) is 13.8. The minimum atomic E-state index is -0.445. The Kier molecular flexibility index (Phi) is 22.6. The number of carbonyl (C=O) groups excluding carboxylic acids is 3. The minimum Gasteiger partial charge on any atom is -0.494 e. The molecule has 3 aromatic carbocycles. The van der Waals surface area contributed by atoms with Crippen LogP contribution in [0.15, 0.2) is 98.1 Å².